The molecule has 0 aliphatic carbocycles. The van der Waals surface area contributed by atoms with E-state index in [4.69, 9.17) is 5.73 Å². The first-order chi connectivity index (χ1) is 12.0. The zero-order chi connectivity index (χ0) is 18.0. The number of rotatable bonds is 4. The van der Waals surface area contributed by atoms with Crippen LogP contribution in [0.4, 0.5) is 0 Å². The van der Waals surface area contributed by atoms with Gasteiger partial charge in [0, 0.05) is 38.9 Å². The lowest BCUT2D eigenvalue weighted by Gasteiger charge is -2.30. The van der Waals surface area contributed by atoms with Gasteiger partial charge in [-0.1, -0.05) is 12.1 Å². The van der Waals surface area contributed by atoms with Gasteiger partial charge < -0.3 is 15.2 Å². The molecule has 1 aromatic carbocycles. The fraction of sp³-hybridized carbons (Fsp3) is 0.444. The molecule has 0 spiro atoms. The lowest BCUT2D eigenvalue weighted by atomic mass is 9.96. The molecular weight excluding hydrogens is 320 g/mol. The average Bonchev–Trinajstić information content (AvgIpc) is 2.63. The molecule has 1 fully saturated rings. The lowest BCUT2D eigenvalue weighted by Crippen LogP contribution is -2.42. The van der Waals surface area contributed by atoms with Crippen LogP contribution in [0.2, 0.25) is 0 Å². The number of piperidine rings is 1. The molecule has 0 saturated carbocycles. The number of nitrogens with zero attached hydrogens (tertiary/aromatic N) is 3. The van der Waals surface area contributed by atoms with E-state index < -0.39 is 0 Å². The number of likely N-dealkylation sites (tertiary alicyclic amines) is 1. The van der Waals surface area contributed by atoms with Crippen molar-refractivity contribution in [3.8, 4) is 0 Å². The van der Waals surface area contributed by atoms with Crippen LogP contribution in [0.1, 0.15) is 25.0 Å². The highest BCUT2D eigenvalue weighted by molar-refractivity contribution is 5.79. The molecule has 1 aliphatic heterocycles. The van der Waals surface area contributed by atoms with Crippen LogP contribution in [-0.2, 0) is 23.1 Å². The van der Waals surface area contributed by atoms with Gasteiger partial charge in [-0.15, -0.1) is 0 Å². The van der Waals surface area contributed by atoms with E-state index in [9.17, 15) is 14.4 Å². The quantitative estimate of drug-likeness (QED) is 0.879. The van der Waals surface area contributed by atoms with Gasteiger partial charge >= 0.3 is 0 Å². The van der Waals surface area contributed by atoms with Crippen LogP contribution in [0.5, 0.6) is 0 Å². The highest BCUT2D eigenvalue weighted by atomic mass is 16.2. The lowest BCUT2D eigenvalue weighted by molar-refractivity contribution is -0.134. The number of amides is 2. The van der Waals surface area contributed by atoms with Crippen LogP contribution < -0.4 is 11.3 Å². The Morgan fingerprint density at radius 3 is 2.60 bits per heavy atom. The largest absolute Gasteiger partial charge is 0.369 e. The predicted octanol–water partition coefficient (Wildman–Crippen LogP) is 0.590. The van der Waals surface area contributed by atoms with Crippen molar-refractivity contribution in [1.82, 2.24) is 14.5 Å². The second-order valence-corrected chi connectivity index (χ2v) is 6.47. The van der Waals surface area contributed by atoms with Crippen molar-refractivity contribution in [2.75, 3.05) is 13.1 Å². The van der Waals surface area contributed by atoms with E-state index in [1.807, 2.05) is 24.3 Å². The van der Waals surface area contributed by atoms with E-state index in [2.05, 4.69) is 4.98 Å². The fourth-order valence-corrected chi connectivity index (χ4v) is 3.30. The van der Waals surface area contributed by atoms with E-state index in [1.54, 1.807) is 16.5 Å². The summed E-state index contributed by atoms with van der Waals surface area (Å²) in [7, 11) is 1.71. The molecule has 2 amide bonds. The van der Waals surface area contributed by atoms with Crippen LogP contribution in [0.3, 0.4) is 0 Å². The van der Waals surface area contributed by atoms with Crippen LogP contribution in [0, 0.1) is 5.92 Å². The number of hydrogen-bond donors (Lipinski definition) is 1. The molecule has 7 heteroatoms. The first kappa shape index (κ1) is 17.1. The van der Waals surface area contributed by atoms with Gasteiger partial charge in [-0.3, -0.25) is 14.4 Å². The van der Waals surface area contributed by atoms with Gasteiger partial charge in [-0.2, -0.15) is 0 Å². The number of aryl methyl sites for hydroxylation is 2. The molecule has 0 radical (unpaired) electrons. The van der Waals surface area contributed by atoms with Crippen molar-refractivity contribution >= 4 is 22.8 Å². The molecule has 25 heavy (non-hydrogen) atoms. The number of aromatic nitrogens is 2. The van der Waals surface area contributed by atoms with Crippen molar-refractivity contribution in [1.29, 1.82) is 0 Å². The van der Waals surface area contributed by atoms with Gasteiger partial charge in [-0.25, -0.2) is 4.98 Å². The molecule has 2 N–H and O–H groups in total. The SMILES string of the molecule is Cn1c(=O)c(CCC(=O)N2CCC(C(N)=O)CC2)nc2ccccc21. The van der Waals surface area contributed by atoms with Crippen molar-refractivity contribution in [2.45, 2.75) is 25.7 Å². The molecule has 2 heterocycles. The molecule has 7 nitrogen and oxygen atoms in total. The van der Waals surface area contributed by atoms with Crippen molar-refractivity contribution in [2.24, 2.45) is 18.7 Å². The summed E-state index contributed by atoms with van der Waals surface area (Å²) in [5.74, 6) is -0.450. The van der Waals surface area contributed by atoms with E-state index in [1.165, 1.54) is 0 Å². The summed E-state index contributed by atoms with van der Waals surface area (Å²) in [6.45, 7) is 1.07. The minimum atomic E-state index is -0.295. The van der Waals surface area contributed by atoms with Crippen LogP contribution in [0.25, 0.3) is 11.0 Å². The molecule has 1 saturated heterocycles. The number of benzene rings is 1. The summed E-state index contributed by atoms with van der Waals surface area (Å²) in [5.41, 5.74) is 7.07. The first-order valence-corrected chi connectivity index (χ1v) is 8.49. The fourth-order valence-electron chi connectivity index (χ4n) is 3.30. The van der Waals surface area contributed by atoms with E-state index >= 15 is 0 Å². The van der Waals surface area contributed by atoms with Gasteiger partial charge in [0.15, 0.2) is 0 Å². The van der Waals surface area contributed by atoms with Crippen molar-refractivity contribution in [3.05, 3.63) is 40.3 Å². The molecule has 2 aromatic rings. The average molecular weight is 342 g/mol. The second kappa shape index (κ2) is 7.04. The third-order valence-electron chi connectivity index (χ3n) is 4.88. The third kappa shape index (κ3) is 3.55. The van der Waals surface area contributed by atoms with Gasteiger partial charge in [0.1, 0.15) is 5.69 Å². The Morgan fingerprint density at radius 1 is 1.24 bits per heavy atom. The molecule has 0 bridgehead atoms. The van der Waals surface area contributed by atoms with E-state index in [-0.39, 0.29) is 29.7 Å². The van der Waals surface area contributed by atoms with Crippen molar-refractivity contribution in [3.63, 3.8) is 0 Å². The summed E-state index contributed by atoms with van der Waals surface area (Å²) in [6, 6.07) is 7.44. The second-order valence-electron chi connectivity index (χ2n) is 6.47. The minimum Gasteiger partial charge on any atom is -0.369 e. The maximum Gasteiger partial charge on any atom is 0.272 e. The monoisotopic (exact) mass is 342 g/mol. The minimum absolute atomic E-state index is 0.0140. The maximum atomic E-state index is 12.4. The number of hydrogen-bond acceptors (Lipinski definition) is 4. The first-order valence-electron chi connectivity index (χ1n) is 8.49. The van der Waals surface area contributed by atoms with Gasteiger partial charge in [0.05, 0.1) is 11.0 Å². The Morgan fingerprint density at radius 2 is 1.92 bits per heavy atom. The Balaban J connectivity index is 1.67. The molecular formula is C18H22N4O3. The van der Waals surface area contributed by atoms with Gasteiger partial charge in [0.2, 0.25) is 11.8 Å². The number of nitrogens with two attached hydrogens (primary N) is 1. The molecule has 0 atom stereocenters. The summed E-state index contributed by atoms with van der Waals surface area (Å²) in [4.78, 5) is 42.1. The van der Waals surface area contributed by atoms with Crippen LogP contribution in [0.15, 0.2) is 29.1 Å². The van der Waals surface area contributed by atoms with E-state index in [0.717, 1.165) is 11.0 Å². The number of carbonyl (C=O) groups excluding carboxylic acids is 2. The zero-order valence-electron chi connectivity index (χ0n) is 14.3. The number of para-hydroxylation sites is 2. The summed E-state index contributed by atoms with van der Waals surface area (Å²) in [5, 5.41) is 0. The molecule has 0 unspecified atom stereocenters. The van der Waals surface area contributed by atoms with Crippen molar-refractivity contribution < 1.29 is 9.59 Å². The van der Waals surface area contributed by atoms with Gasteiger partial charge in [-0.05, 0) is 25.0 Å². The highest BCUT2D eigenvalue weighted by Crippen LogP contribution is 2.17. The van der Waals surface area contributed by atoms with Gasteiger partial charge in [0.25, 0.3) is 5.56 Å². The summed E-state index contributed by atoms with van der Waals surface area (Å²) in [6.07, 6.45) is 1.77. The zero-order valence-corrected chi connectivity index (χ0v) is 14.3. The molecule has 3 rings (SSSR count). The Bertz CT molecular complexity index is 866. The summed E-state index contributed by atoms with van der Waals surface area (Å²) >= 11 is 0. The third-order valence-corrected chi connectivity index (χ3v) is 4.88. The standard InChI is InChI=1S/C18H22N4O3/c1-21-15-5-3-2-4-13(15)20-14(18(21)25)6-7-16(23)22-10-8-12(9-11-22)17(19)24/h2-5,12H,6-11H2,1H3,(H2,19,24). The summed E-state index contributed by atoms with van der Waals surface area (Å²) < 4.78 is 1.57. The smallest absolute Gasteiger partial charge is 0.272 e. The number of primary amides is 1. The normalized spacial score (nSPS) is 15.5. The number of carbonyl (C=O) groups is 2. The molecule has 132 valence electrons. The Kier molecular flexibility index (Phi) is 4.83. The maximum absolute atomic E-state index is 12.4. The molecule has 1 aromatic heterocycles. The number of fused-ring (bicyclic) bond motifs is 1. The van der Waals surface area contributed by atoms with Crippen LogP contribution >= 0.6 is 0 Å². The predicted molar refractivity (Wildman–Crippen MR) is 93.8 cm³/mol. The molecule has 1 aliphatic rings. The Hall–Kier alpha value is -2.70. The van der Waals surface area contributed by atoms with E-state index in [0.29, 0.717) is 38.0 Å². The Labute approximate surface area is 145 Å². The van der Waals surface area contributed by atoms with Crippen LogP contribution in [-0.4, -0.2) is 39.4 Å². The highest BCUT2D eigenvalue weighted by Gasteiger charge is 2.25. The topological polar surface area (TPSA) is 98.3 Å².